The summed E-state index contributed by atoms with van der Waals surface area (Å²) in [7, 11) is 1.70. The molecule has 0 spiro atoms. The summed E-state index contributed by atoms with van der Waals surface area (Å²) in [6.45, 7) is 5.89. The van der Waals surface area contributed by atoms with Crippen molar-refractivity contribution in [1.82, 2.24) is 9.78 Å². The summed E-state index contributed by atoms with van der Waals surface area (Å²) in [6, 6.07) is 10.8. The minimum atomic E-state index is 0.288. The summed E-state index contributed by atoms with van der Waals surface area (Å²) >= 11 is 0. The van der Waals surface area contributed by atoms with Gasteiger partial charge in [0.1, 0.15) is 0 Å². The maximum absolute atomic E-state index is 5.06. The lowest BCUT2D eigenvalue weighted by molar-refractivity contribution is 0.183. The zero-order chi connectivity index (χ0) is 14.4. The number of methoxy groups -OCH3 is 1. The lowest BCUT2D eigenvalue weighted by Gasteiger charge is -2.23. The summed E-state index contributed by atoms with van der Waals surface area (Å²) in [6.07, 6.45) is 3.89. The standard InChI is InChI=1S/C16H23N3O/c1-13(2)16(14-7-5-4-6-8-14)18-15-11-17-19(12-15)9-10-20-3/h4-8,11-13,16,18H,9-10H2,1-3H3. The van der Waals surface area contributed by atoms with E-state index in [1.54, 1.807) is 7.11 Å². The molecule has 2 aromatic rings. The quantitative estimate of drug-likeness (QED) is 0.841. The van der Waals surface area contributed by atoms with Gasteiger partial charge in [0.2, 0.25) is 0 Å². The number of anilines is 1. The van der Waals surface area contributed by atoms with Crippen molar-refractivity contribution in [3.63, 3.8) is 0 Å². The number of ether oxygens (including phenoxy) is 1. The van der Waals surface area contributed by atoms with E-state index in [1.165, 1.54) is 5.56 Å². The van der Waals surface area contributed by atoms with E-state index in [9.17, 15) is 0 Å². The van der Waals surface area contributed by atoms with Crippen LogP contribution in [0.15, 0.2) is 42.7 Å². The molecule has 1 aromatic carbocycles. The second-order valence-corrected chi connectivity index (χ2v) is 5.26. The molecule has 0 amide bonds. The number of aromatic nitrogens is 2. The van der Waals surface area contributed by atoms with Gasteiger partial charge in [0.25, 0.3) is 0 Å². The average molecular weight is 273 g/mol. The van der Waals surface area contributed by atoms with Gasteiger partial charge in [-0.3, -0.25) is 4.68 Å². The van der Waals surface area contributed by atoms with Crippen LogP contribution in [0.3, 0.4) is 0 Å². The average Bonchev–Trinajstić information content (AvgIpc) is 2.91. The molecule has 2 rings (SSSR count). The molecular weight excluding hydrogens is 250 g/mol. The predicted octanol–water partition coefficient (Wildman–Crippen LogP) is 3.34. The smallest absolute Gasteiger partial charge is 0.0731 e. The van der Waals surface area contributed by atoms with Gasteiger partial charge >= 0.3 is 0 Å². The fourth-order valence-corrected chi connectivity index (χ4v) is 2.22. The SMILES string of the molecule is COCCn1cc(NC(c2ccccc2)C(C)C)cn1. The summed E-state index contributed by atoms with van der Waals surface area (Å²) in [5.74, 6) is 0.500. The fourth-order valence-electron chi connectivity index (χ4n) is 2.22. The Labute approximate surface area is 120 Å². The number of hydrogen-bond donors (Lipinski definition) is 1. The Kier molecular flexibility index (Phi) is 5.18. The van der Waals surface area contributed by atoms with Crippen molar-refractivity contribution in [3.05, 3.63) is 48.3 Å². The van der Waals surface area contributed by atoms with Crippen molar-refractivity contribution in [2.45, 2.75) is 26.4 Å². The Bertz CT molecular complexity index is 507. The van der Waals surface area contributed by atoms with Gasteiger partial charge in [-0.05, 0) is 11.5 Å². The molecule has 0 bridgehead atoms. The first-order valence-electron chi connectivity index (χ1n) is 7.03. The summed E-state index contributed by atoms with van der Waals surface area (Å²) in [5.41, 5.74) is 2.34. The van der Waals surface area contributed by atoms with Crippen molar-refractivity contribution in [2.75, 3.05) is 19.0 Å². The van der Waals surface area contributed by atoms with Crippen molar-refractivity contribution in [1.29, 1.82) is 0 Å². The largest absolute Gasteiger partial charge is 0.383 e. The number of hydrogen-bond acceptors (Lipinski definition) is 3. The maximum Gasteiger partial charge on any atom is 0.0731 e. The highest BCUT2D eigenvalue weighted by molar-refractivity contribution is 5.42. The van der Waals surface area contributed by atoms with Gasteiger partial charge in [-0.1, -0.05) is 44.2 Å². The first-order valence-corrected chi connectivity index (χ1v) is 7.03. The van der Waals surface area contributed by atoms with Crippen molar-refractivity contribution in [3.8, 4) is 0 Å². The Morgan fingerprint density at radius 2 is 2.00 bits per heavy atom. The van der Waals surface area contributed by atoms with Gasteiger partial charge in [0, 0.05) is 13.3 Å². The molecule has 0 aliphatic carbocycles. The molecule has 0 saturated carbocycles. The van der Waals surface area contributed by atoms with Gasteiger partial charge in [-0.2, -0.15) is 5.10 Å². The second kappa shape index (κ2) is 7.10. The topological polar surface area (TPSA) is 39.1 Å². The second-order valence-electron chi connectivity index (χ2n) is 5.26. The van der Waals surface area contributed by atoms with Crippen LogP contribution in [-0.4, -0.2) is 23.5 Å². The molecule has 0 fully saturated rings. The van der Waals surface area contributed by atoms with Gasteiger partial charge in [-0.25, -0.2) is 0 Å². The lowest BCUT2D eigenvalue weighted by atomic mass is 9.96. The third-order valence-electron chi connectivity index (χ3n) is 3.31. The Morgan fingerprint density at radius 1 is 1.25 bits per heavy atom. The molecule has 1 N–H and O–H groups in total. The Hall–Kier alpha value is -1.81. The monoisotopic (exact) mass is 273 g/mol. The van der Waals surface area contributed by atoms with Crippen LogP contribution >= 0.6 is 0 Å². The van der Waals surface area contributed by atoms with E-state index in [-0.39, 0.29) is 6.04 Å². The zero-order valence-corrected chi connectivity index (χ0v) is 12.4. The van der Waals surface area contributed by atoms with Gasteiger partial charge in [0.15, 0.2) is 0 Å². The van der Waals surface area contributed by atoms with Crippen LogP contribution in [0.4, 0.5) is 5.69 Å². The molecule has 1 atom stereocenters. The molecular formula is C16H23N3O. The van der Waals surface area contributed by atoms with E-state index < -0.39 is 0 Å². The molecule has 1 heterocycles. The first kappa shape index (κ1) is 14.6. The predicted molar refractivity (Wildman–Crippen MR) is 81.7 cm³/mol. The van der Waals surface area contributed by atoms with E-state index in [4.69, 9.17) is 4.74 Å². The molecule has 0 radical (unpaired) electrons. The van der Waals surface area contributed by atoms with E-state index in [0.717, 1.165) is 12.2 Å². The van der Waals surface area contributed by atoms with Crippen LogP contribution < -0.4 is 5.32 Å². The van der Waals surface area contributed by atoms with Crippen LogP contribution in [0.2, 0.25) is 0 Å². The van der Waals surface area contributed by atoms with Crippen LogP contribution in [0.25, 0.3) is 0 Å². The minimum Gasteiger partial charge on any atom is -0.383 e. The normalized spacial score (nSPS) is 12.6. The Morgan fingerprint density at radius 3 is 2.65 bits per heavy atom. The third kappa shape index (κ3) is 3.84. The number of rotatable bonds is 7. The first-order chi connectivity index (χ1) is 9.70. The van der Waals surface area contributed by atoms with E-state index >= 15 is 0 Å². The fraction of sp³-hybridized carbons (Fsp3) is 0.438. The van der Waals surface area contributed by atoms with Crippen molar-refractivity contribution < 1.29 is 4.74 Å². The van der Waals surface area contributed by atoms with E-state index in [0.29, 0.717) is 12.5 Å². The zero-order valence-electron chi connectivity index (χ0n) is 12.4. The van der Waals surface area contributed by atoms with Crippen LogP contribution in [0.1, 0.15) is 25.5 Å². The van der Waals surface area contributed by atoms with E-state index in [2.05, 4.69) is 48.5 Å². The highest BCUT2D eigenvalue weighted by Gasteiger charge is 2.15. The van der Waals surface area contributed by atoms with Crippen molar-refractivity contribution >= 4 is 5.69 Å². The van der Waals surface area contributed by atoms with Gasteiger partial charge in [-0.15, -0.1) is 0 Å². The van der Waals surface area contributed by atoms with E-state index in [1.807, 2.05) is 23.1 Å². The summed E-state index contributed by atoms with van der Waals surface area (Å²) in [5, 5.41) is 7.90. The minimum absolute atomic E-state index is 0.288. The molecule has 0 aliphatic heterocycles. The van der Waals surface area contributed by atoms with Crippen LogP contribution in [0.5, 0.6) is 0 Å². The van der Waals surface area contributed by atoms with Crippen molar-refractivity contribution in [2.24, 2.45) is 5.92 Å². The highest BCUT2D eigenvalue weighted by atomic mass is 16.5. The molecule has 0 saturated heterocycles. The molecule has 0 aliphatic rings. The third-order valence-corrected chi connectivity index (χ3v) is 3.31. The lowest BCUT2D eigenvalue weighted by Crippen LogP contribution is -2.16. The molecule has 20 heavy (non-hydrogen) atoms. The summed E-state index contributed by atoms with van der Waals surface area (Å²) in [4.78, 5) is 0. The van der Waals surface area contributed by atoms with Gasteiger partial charge in [0.05, 0.1) is 31.1 Å². The number of nitrogens with one attached hydrogen (secondary N) is 1. The molecule has 4 nitrogen and oxygen atoms in total. The highest BCUT2D eigenvalue weighted by Crippen LogP contribution is 2.26. The van der Waals surface area contributed by atoms with Gasteiger partial charge < -0.3 is 10.1 Å². The maximum atomic E-state index is 5.06. The van der Waals surface area contributed by atoms with Crippen LogP contribution in [-0.2, 0) is 11.3 Å². The summed E-state index contributed by atoms with van der Waals surface area (Å²) < 4.78 is 6.96. The molecule has 1 unspecified atom stereocenters. The molecule has 4 heteroatoms. The molecule has 1 aromatic heterocycles. The number of nitrogens with zero attached hydrogens (tertiary/aromatic N) is 2. The molecule has 108 valence electrons. The Balaban J connectivity index is 2.07. The van der Waals surface area contributed by atoms with Crippen LogP contribution in [0, 0.1) is 5.92 Å². The number of benzene rings is 1.